The molecule has 0 radical (unpaired) electrons. The van der Waals surface area contributed by atoms with Crippen molar-refractivity contribution in [2.45, 2.75) is 45.2 Å². The number of likely N-dealkylation sites (tertiary alicyclic amines) is 1. The second-order valence-electron chi connectivity index (χ2n) is 7.35. The maximum Gasteiger partial charge on any atom is 0.514 e. The van der Waals surface area contributed by atoms with Crippen LogP contribution in [0.1, 0.15) is 44.0 Å². The molecule has 1 aliphatic heterocycles. The summed E-state index contributed by atoms with van der Waals surface area (Å²) in [6, 6.07) is 6.20. The van der Waals surface area contributed by atoms with Crippen molar-refractivity contribution in [1.29, 1.82) is 0 Å². The van der Waals surface area contributed by atoms with Gasteiger partial charge < -0.3 is 10.4 Å². The van der Waals surface area contributed by atoms with Crippen molar-refractivity contribution in [1.82, 2.24) is 5.32 Å². The zero-order valence-electron chi connectivity index (χ0n) is 14.7. The Kier molecular flexibility index (Phi) is 5.68. The molecule has 1 aromatic rings. The van der Waals surface area contributed by atoms with Crippen LogP contribution in [0, 0.1) is 0 Å². The number of nitrogens with one attached hydrogen (secondary N) is 1. The molecule has 1 fully saturated rings. The third kappa shape index (κ3) is 3.77. The van der Waals surface area contributed by atoms with Gasteiger partial charge in [0.1, 0.15) is 5.54 Å². The second-order valence-corrected chi connectivity index (χ2v) is 8.27. The molecule has 0 aromatic heterocycles. The first-order valence-corrected chi connectivity index (χ1v) is 9.06. The number of quaternary nitrogens is 1. The molecule has 25 heavy (non-hydrogen) atoms. The molecule has 6 nitrogen and oxygen atoms in total. The highest BCUT2D eigenvalue weighted by Gasteiger charge is 2.59. The second kappa shape index (κ2) is 7.25. The number of benzene rings is 1. The summed E-state index contributed by atoms with van der Waals surface area (Å²) in [6.45, 7) is 5.78. The Labute approximate surface area is 155 Å². The number of carbonyl (C=O) groups excluding carboxylic acids is 2. The zero-order valence-corrected chi connectivity index (χ0v) is 16.3. The van der Waals surface area contributed by atoms with E-state index in [4.69, 9.17) is 0 Å². The molecule has 0 saturated carbocycles. The third-order valence-electron chi connectivity index (χ3n) is 4.95. The first kappa shape index (κ1) is 19.6. The topological polar surface area (TPSA) is 83.5 Å². The van der Waals surface area contributed by atoms with Crippen LogP contribution in [0.4, 0.5) is 4.79 Å². The van der Waals surface area contributed by atoms with Gasteiger partial charge in [-0.2, -0.15) is 4.79 Å². The number of carboxylic acid groups (broad SMARTS) is 1. The van der Waals surface area contributed by atoms with Gasteiger partial charge in [-0.3, -0.25) is 9.59 Å². The number of amides is 2. The maximum atomic E-state index is 12.7. The van der Waals surface area contributed by atoms with Crippen LogP contribution >= 0.6 is 15.9 Å². The monoisotopic (exact) mass is 411 g/mol. The van der Waals surface area contributed by atoms with Crippen molar-refractivity contribution in [2.75, 3.05) is 13.1 Å². The SMILES string of the molecule is CC(C)(C)[N+]1(C(=O)O)CCC[C@H]1C(=O)NCC(=O)c1ccc(Br)cc1. The Morgan fingerprint density at radius 3 is 2.36 bits per heavy atom. The van der Waals surface area contributed by atoms with Crippen LogP contribution in [-0.4, -0.2) is 52.0 Å². The lowest BCUT2D eigenvalue weighted by Crippen LogP contribution is -2.68. The van der Waals surface area contributed by atoms with E-state index in [1.54, 1.807) is 24.3 Å². The lowest BCUT2D eigenvalue weighted by Gasteiger charge is -2.43. The molecule has 2 N–H and O–H groups in total. The van der Waals surface area contributed by atoms with Gasteiger partial charge in [-0.25, -0.2) is 4.48 Å². The molecule has 1 saturated heterocycles. The number of rotatable bonds is 4. The van der Waals surface area contributed by atoms with E-state index in [2.05, 4.69) is 21.2 Å². The van der Waals surface area contributed by atoms with Gasteiger partial charge >= 0.3 is 6.09 Å². The number of Topliss-reactive ketones (excluding diaryl/α,β-unsaturated/α-hetero) is 1. The molecule has 0 aliphatic carbocycles. The minimum absolute atomic E-state index is 0.138. The van der Waals surface area contributed by atoms with E-state index < -0.39 is 17.7 Å². The fourth-order valence-corrected chi connectivity index (χ4v) is 3.85. The number of hydrogen-bond acceptors (Lipinski definition) is 3. The van der Waals surface area contributed by atoms with E-state index in [1.165, 1.54) is 0 Å². The first-order chi connectivity index (χ1) is 11.6. The summed E-state index contributed by atoms with van der Waals surface area (Å²) in [4.78, 5) is 36.9. The van der Waals surface area contributed by atoms with Crippen LogP contribution in [-0.2, 0) is 4.79 Å². The highest BCUT2D eigenvalue weighted by molar-refractivity contribution is 9.10. The van der Waals surface area contributed by atoms with Crippen molar-refractivity contribution in [3.05, 3.63) is 34.3 Å². The number of halogens is 1. The average molecular weight is 412 g/mol. The Hall–Kier alpha value is -1.73. The Bertz CT molecular complexity index is 681. The molecule has 2 amide bonds. The minimum Gasteiger partial charge on any atom is -0.435 e. The summed E-state index contributed by atoms with van der Waals surface area (Å²) in [7, 11) is 0. The van der Waals surface area contributed by atoms with Crippen molar-refractivity contribution >= 4 is 33.7 Å². The van der Waals surface area contributed by atoms with Gasteiger partial charge in [-0.05, 0) is 32.9 Å². The van der Waals surface area contributed by atoms with Gasteiger partial charge in [0.05, 0.1) is 13.1 Å². The summed E-state index contributed by atoms with van der Waals surface area (Å²) in [5.74, 6) is -0.580. The molecule has 7 heteroatoms. The van der Waals surface area contributed by atoms with E-state index in [-0.39, 0.29) is 22.7 Å². The maximum absolute atomic E-state index is 12.7. The normalized spacial score (nSPS) is 23.3. The number of nitrogens with zero attached hydrogens (tertiary/aromatic N) is 1. The van der Waals surface area contributed by atoms with Crippen molar-refractivity contribution in [2.24, 2.45) is 0 Å². The Morgan fingerprint density at radius 1 is 1.24 bits per heavy atom. The van der Waals surface area contributed by atoms with Gasteiger partial charge in [0.15, 0.2) is 11.8 Å². The molecule has 1 aliphatic rings. The predicted octanol–water partition coefficient (Wildman–Crippen LogP) is 3.20. The zero-order chi connectivity index (χ0) is 18.8. The number of ketones is 1. The van der Waals surface area contributed by atoms with Crippen molar-refractivity contribution in [3.63, 3.8) is 0 Å². The summed E-state index contributed by atoms with van der Waals surface area (Å²) in [5.41, 5.74) is -0.107. The van der Waals surface area contributed by atoms with E-state index in [1.807, 2.05) is 20.8 Å². The smallest absolute Gasteiger partial charge is 0.435 e. The number of hydrogen-bond donors (Lipinski definition) is 2. The molecule has 0 bridgehead atoms. The highest BCUT2D eigenvalue weighted by atomic mass is 79.9. The molecular weight excluding hydrogens is 388 g/mol. The molecule has 1 heterocycles. The largest absolute Gasteiger partial charge is 0.514 e. The van der Waals surface area contributed by atoms with Crippen LogP contribution < -0.4 is 5.32 Å². The first-order valence-electron chi connectivity index (χ1n) is 8.27. The molecule has 2 atom stereocenters. The van der Waals surface area contributed by atoms with Gasteiger partial charge in [-0.1, -0.05) is 28.1 Å². The summed E-state index contributed by atoms with van der Waals surface area (Å²) < 4.78 is 0.568. The van der Waals surface area contributed by atoms with Crippen molar-refractivity contribution in [3.8, 4) is 0 Å². The standard InChI is InChI=1S/C18H23BrN2O4/c1-18(2,3)21(17(24)25)10-4-5-14(21)16(23)20-11-15(22)12-6-8-13(19)9-7-12/h6-9,14H,4-5,10-11H2,1-3H3,(H-,20,23,24,25)/p+1/t14-,21?/m0/s1. The quantitative estimate of drug-likeness (QED) is 0.588. The van der Waals surface area contributed by atoms with Gasteiger partial charge in [-0.15, -0.1) is 0 Å². The predicted molar refractivity (Wildman–Crippen MR) is 97.4 cm³/mol. The van der Waals surface area contributed by atoms with Crippen molar-refractivity contribution < 1.29 is 24.0 Å². The van der Waals surface area contributed by atoms with E-state index >= 15 is 0 Å². The third-order valence-corrected chi connectivity index (χ3v) is 5.48. The lowest BCUT2D eigenvalue weighted by molar-refractivity contribution is -0.906. The Morgan fingerprint density at radius 2 is 1.84 bits per heavy atom. The molecular formula is C18H24BrN2O4+. The Balaban J connectivity index is 2.10. The molecule has 136 valence electrons. The molecule has 1 aromatic carbocycles. The van der Waals surface area contributed by atoms with Crippen LogP contribution in [0.15, 0.2) is 28.7 Å². The molecule has 2 rings (SSSR count). The fraction of sp³-hybridized carbons (Fsp3) is 0.500. The summed E-state index contributed by atoms with van der Waals surface area (Å²) >= 11 is 3.31. The van der Waals surface area contributed by atoms with E-state index in [0.29, 0.717) is 24.9 Å². The van der Waals surface area contributed by atoms with Crippen LogP contribution in [0.3, 0.4) is 0 Å². The van der Waals surface area contributed by atoms with E-state index in [0.717, 1.165) is 4.47 Å². The number of carbonyl (C=O) groups is 3. The van der Waals surface area contributed by atoms with Crippen LogP contribution in [0.2, 0.25) is 0 Å². The van der Waals surface area contributed by atoms with Crippen LogP contribution in [0.25, 0.3) is 0 Å². The average Bonchev–Trinajstić information content (AvgIpc) is 2.99. The summed E-state index contributed by atoms with van der Waals surface area (Å²) in [6.07, 6.45) is 0.175. The lowest BCUT2D eigenvalue weighted by atomic mass is 9.99. The highest BCUT2D eigenvalue weighted by Crippen LogP contribution is 2.37. The minimum atomic E-state index is -0.996. The van der Waals surface area contributed by atoms with Gasteiger partial charge in [0.25, 0.3) is 5.91 Å². The fourth-order valence-electron chi connectivity index (χ4n) is 3.58. The van der Waals surface area contributed by atoms with Gasteiger partial charge in [0.2, 0.25) is 0 Å². The summed E-state index contributed by atoms with van der Waals surface area (Å²) in [5, 5.41) is 12.5. The van der Waals surface area contributed by atoms with E-state index in [9.17, 15) is 19.5 Å². The molecule has 1 unspecified atom stereocenters. The van der Waals surface area contributed by atoms with Gasteiger partial charge in [0, 0.05) is 22.9 Å². The molecule has 0 spiro atoms. The van der Waals surface area contributed by atoms with Crippen LogP contribution in [0.5, 0.6) is 0 Å².